The Kier molecular flexibility index (Phi) is 4.94. The van der Waals surface area contributed by atoms with Gasteiger partial charge in [-0.1, -0.05) is 0 Å². The van der Waals surface area contributed by atoms with Gasteiger partial charge in [-0.15, -0.1) is 0 Å². The monoisotopic (exact) mass is 209 g/mol. The summed E-state index contributed by atoms with van der Waals surface area (Å²) in [5.74, 6) is -0.358. The number of hydrogen-bond acceptors (Lipinski definition) is 4. The first kappa shape index (κ1) is 12.4. The third kappa shape index (κ3) is 4.23. The number of esters is 1. The SMILES string of the molecule is CCS(=O)(=O)N(C)CCC(=O)OC. The van der Waals surface area contributed by atoms with E-state index in [0.29, 0.717) is 0 Å². The highest BCUT2D eigenvalue weighted by atomic mass is 32.2. The standard InChI is InChI=1S/C7H15NO4S/c1-4-13(10,11)8(2)6-5-7(9)12-3/h4-6H2,1-3H3. The summed E-state index contributed by atoms with van der Waals surface area (Å²) in [5, 5.41) is 0. The van der Waals surface area contributed by atoms with Crippen LogP contribution in [0.5, 0.6) is 0 Å². The van der Waals surface area contributed by atoms with Gasteiger partial charge >= 0.3 is 5.97 Å². The van der Waals surface area contributed by atoms with Gasteiger partial charge in [-0.25, -0.2) is 12.7 Å². The molecule has 0 rings (SSSR count). The Balaban J connectivity index is 4.02. The molecule has 0 amide bonds. The van der Waals surface area contributed by atoms with Crippen LogP contribution in [-0.2, 0) is 19.6 Å². The molecule has 0 atom stereocenters. The average molecular weight is 209 g/mol. The zero-order valence-corrected chi connectivity index (χ0v) is 8.93. The highest BCUT2D eigenvalue weighted by Gasteiger charge is 2.15. The second-order valence-corrected chi connectivity index (χ2v) is 4.91. The maximum absolute atomic E-state index is 11.2. The van der Waals surface area contributed by atoms with E-state index in [1.54, 1.807) is 6.92 Å². The summed E-state index contributed by atoms with van der Waals surface area (Å²) in [5.41, 5.74) is 0. The Morgan fingerprint density at radius 2 is 2.00 bits per heavy atom. The van der Waals surface area contributed by atoms with E-state index in [1.807, 2.05) is 0 Å². The van der Waals surface area contributed by atoms with Crippen molar-refractivity contribution in [3.8, 4) is 0 Å². The molecule has 0 heterocycles. The first-order valence-electron chi connectivity index (χ1n) is 3.95. The molecular formula is C7H15NO4S. The molecule has 0 saturated carbocycles. The third-order valence-corrected chi connectivity index (χ3v) is 3.56. The van der Waals surface area contributed by atoms with Crippen molar-refractivity contribution in [3.63, 3.8) is 0 Å². The zero-order valence-electron chi connectivity index (χ0n) is 8.11. The Labute approximate surface area is 78.7 Å². The predicted octanol–water partition coefficient (Wildman–Crippen LogP) is -0.169. The first-order valence-corrected chi connectivity index (χ1v) is 5.55. The second-order valence-electron chi connectivity index (χ2n) is 2.55. The quantitative estimate of drug-likeness (QED) is 0.590. The lowest BCUT2D eigenvalue weighted by atomic mass is 10.4. The number of ether oxygens (including phenoxy) is 1. The summed E-state index contributed by atoms with van der Waals surface area (Å²) >= 11 is 0. The Hall–Kier alpha value is -0.620. The van der Waals surface area contributed by atoms with Gasteiger partial charge in [0.2, 0.25) is 10.0 Å². The molecule has 5 nitrogen and oxygen atoms in total. The van der Waals surface area contributed by atoms with Crippen LogP contribution < -0.4 is 0 Å². The molecule has 0 aromatic heterocycles. The molecule has 0 N–H and O–H groups in total. The number of carbonyl (C=O) groups excluding carboxylic acids is 1. The molecule has 0 aliphatic rings. The maximum atomic E-state index is 11.2. The molecular weight excluding hydrogens is 194 g/mol. The van der Waals surface area contributed by atoms with Crippen molar-refractivity contribution < 1.29 is 17.9 Å². The van der Waals surface area contributed by atoms with Gasteiger partial charge in [0, 0.05) is 13.6 Å². The van der Waals surface area contributed by atoms with Gasteiger partial charge in [0.1, 0.15) is 0 Å². The lowest BCUT2D eigenvalue weighted by Gasteiger charge is -2.14. The minimum Gasteiger partial charge on any atom is -0.469 e. The number of sulfonamides is 1. The van der Waals surface area contributed by atoms with Crippen LogP contribution in [-0.4, -0.2) is 45.1 Å². The molecule has 13 heavy (non-hydrogen) atoms. The number of carbonyl (C=O) groups is 1. The largest absolute Gasteiger partial charge is 0.469 e. The smallest absolute Gasteiger partial charge is 0.306 e. The summed E-state index contributed by atoms with van der Waals surface area (Å²) in [4.78, 5) is 10.7. The van der Waals surface area contributed by atoms with Crippen LogP contribution in [0.4, 0.5) is 0 Å². The van der Waals surface area contributed by atoms with Crippen LogP contribution in [0, 0.1) is 0 Å². The first-order chi connectivity index (χ1) is 5.94. The summed E-state index contributed by atoms with van der Waals surface area (Å²) in [6.07, 6.45) is 0.0895. The van der Waals surface area contributed by atoms with Crippen molar-refractivity contribution in [1.29, 1.82) is 0 Å². The highest BCUT2D eigenvalue weighted by molar-refractivity contribution is 7.89. The van der Waals surface area contributed by atoms with Crippen molar-refractivity contribution in [2.24, 2.45) is 0 Å². The van der Waals surface area contributed by atoms with E-state index in [2.05, 4.69) is 4.74 Å². The topological polar surface area (TPSA) is 63.7 Å². The number of methoxy groups -OCH3 is 1. The van der Waals surface area contributed by atoms with Crippen LogP contribution in [0.15, 0.2) is 0 Å². The predicted molar refractivity (Wildman–Crippen MR) is 48.7 cm³/mol. The molecule has 0 spiro atoms. The average Bonchev–Trinajstić information content (AvgIpc) is 2.13. The van der Waals surface area contributed by atoms with Crippen LogP contribution in [0.2, 0.25) is 0 Å². The Morgan fingerprint density at radius 3 is 2.38 bits per heavy atom. The molecule has 0 aliphatic carbocycles. The van der Waals surface area contributed by atoms with Gasteiger partial charge in [-0.3, -0.25) is 4.79 Å². The Bertz CT molecular complexity index is 260. The van der Waals surface area contributed by atoms with Gasteiger partial charge in [0.05, 0.1) is 19.3 Å². The van der Waals surface area contributed by atoms with E-state index in [0.717, 1.165) is 4.31 Å². The fourth-order valence-electron chi connectivity index (χ4n) is 0.710. The number of hydrogen-bond donors (Lipinski definition) is 0. The minimum atomic E-state index is -3.18. The lowest BCUT2D eigenvalue weighted by Crippen LogP contribution is -2.30. The van der Waals surface area contributed by atoms with Crippen molar-refractivity contribution in [1.82, 2.24) is 4.31 Å². The fraction of sp³-hybridized carbons (Fsp3) is 0.857. The molecule has 6 heteroatoms. The summed E-state index contributed by atoms with van der Waals surface area (Å²) in [6.45, 7) is 1.73. The summed E-state index contributed by atoms with van der Waals surface area (Å²) in [6, 6.07) is 0. The van der Waals surface area contributed by atoms with Crippen molar-refractivity contribution in [2.75, 3.05) is 26.5 Å². The molecule has 0 fully saturated rings. The normalized spacial score (nSPS) is 11.7. The molecule has 0 bridgehead atoms. The number of rotatable bonds is 5. The Morgan fingerprint density at radius 1 is 1.46 bits per heavy atom. The second kappa shape index (κ2) is 5.18. The lowest BCUT2D eigenvalue weighted by molar-refractivity contribution is -0.140. The molecule has 0 unspecified atom stereocenters. The van der Waals surface area contributed by atoms with E-state index in [-0.39, 0.29) is 18.7 Å². The molecule has 0 aromatic carbocycles. The molecule has 0 radical (unpaired) electrons. The van der Waals surface area contributed by atoms with Gasteiger partial charge in [0.25, 0.3) is 0 Å². The van der Waals surface area contributed by atoms with Crippen molar-refractivity contribution in [3.05, 3.63) is 0 Å². The van der Waals surface area contributed by atoms with Gasteiger partial charge in [0.15, 0.2) is 0 Å². The maximum Gasteiger partial charge on any atom is 0.306 e. The van der Waals surface area contributed by atoms with E-state index in [1.165, 1.54) is 14.2 Å². The van der Waals surface area contributed by atoms with E-state index < -0.39 is 16.0 Å². The van der Waals surface area contributed by atoms with E-state index in [9.17, 15) is 13.2 Å². The van der Waals surface area contributed by atoms with Crippen LogP contribution in [0.3, 0.4) is 0 Å². The highest BCUT2D eigenvalue weighted by Crippen LogP contribution is 1.99. The zero-order chi connectivity index (χ0) is 10.5. The van der Waals surface area contributed by atoms with E-state index >= 15 is 0 Å². The molecule has 0 aliphatic heterocycles. The fourth-order valence-corrected chi connectivity index (χ4v) is 1.52. The minimum absolute atomic E-state index is 0.0463. The van der Waals surface area contributed by atoms with Gasteiger partial charge in [-0.05, 0) is 6.92 Å². The van der Waals surface area contributed by atoms with Crippen molar-refractivity contribution >= 4 is 16.0 Å². The summed E-state index contributed by atoms with van der Waals surface area (Å²) < 4.78 is 27.9. The molecule has 0 aromatic rings. The van der Waals surface area contributed by atoms with Crippen LogP contribution in [0.25, 0.3) is 0 Å². The summed E-state index contributed by atoms with van der Waals surface area (Å²) in [7, 11) is -0.456. The van der Waals surface area contributed by atoms with Gasteiger partial charge in [-0.2, -0.15) is 0 Å². The van der Waals surface area contributed by atoms with E-state index in [4.69, 9.17) is 0 Å². The van der Waals surface area contributed by atoms with Gasteiger partial charge < -0.3 is 4.74 Å². The molecule has 78 valence electrons. The number of nitrogens with zero attached hydrogens (tertiary/aromatic N) is 1. The molecule has 0 saturated heterocycles. The van der Waals surface area contributed by atoms with Crippen LogP contribution in [0.1, 0.15) is 13.3 Å². The van der Waals surface area contributed by atoms with Crippen LogP contribution >= 0.6 is 0 Å². The van der Waals surface area contributed by atoms with Crippen molar-refractivity contribution in [2.45, 2.75) is 13.3 Å². The third-order valence-electron chi connectivity index (χ3n) is 1.70.